The van der Waals surface area contributed by atoms with Crippen LogP contribution in [-0.4, -0.2) is 29.1 Å². The number of benzene rings is 2. The molecule has 3 aromatic rings. The zero-order valence-corrected chi connectivity index (χ0v) is 16.0. The summed E-state index contributed by atoms with van der Waals surface area (Å²) in [5.74, 6) is -0.477. The molecule has 0 aliphatic carbocycles. The molecule has 0 saturated carbocycles. The minimum Gasteiger partial charge on any atom is -0.487 e. The van der Waals surface area contributed by atoms with Gasteiger partial charge in [0.15, 0.2) is 5.75 Å². The highest BCUT2D eigenvalue weighted by Gasteiger charge is 2.19. The zero-order valence-electron chi connectivity index (χ0n) is 15.2. The molecule has 0 amide bonds. The first kappa shape index (κ1) is 19.7. The van der Waals surface area contributed by atoms with E-state index >= 15 is 0 Å². The van der Waals surface area contributed by atoms with Crippen LogP contribution in [0.2, 0.25) is 5.02 Å². The van der Waals surface area contributed by atoms with E-state index in [-0.39, 0.29) is 23.6 Å². The number of esters is 1. The molecule has 2 aromatic carbocycles. The van der Waals surface area contributed by atoms with Crippen molar-refractivity contribution in [1.29, 1.82) is 0 Å². The number of carbonyl (C=O) groups excluding carboxylic acids is 1. The number of nitrogens with one attached hydrogen (secondary N) is 1. The number of aryl methyl sites for hydroxylation is 1. The second-order valence-electron chi connectivity index (χ2n) is 6.12. The van der Waals surface area contributed by atoms with Gasteiger partial charge in [0.25, 0.3) is 0 Å². The van der Waals surface area contributed by atoms with Crippen molar-refractivity contribution in [2.45, 2.75) is 19.8 Å². The third-order valence-electron chi connectivity index (χ3n) is 4.24. The lowest BCUT2D eigenvalue weighted by Gasteiger charge is -2.07. The SMILES string of the molecule is CCOc1ccc(C(=O)OCCCc2c[nH]c3ccc(Cl)cc23)cc1[N+](=O)[O-]. The Balaban J connectivity index is 1.59. The van der Waals surface area contributed by atoms with Gasteiger partial charge in [0.05, 0.1) is 23.7 Å². The van der Waals surface area contributed by atoms with Gasteiger partial charge in [-0.2, -0.15) is 0 Å². The van der Waals surface area contributed by atoms with Gasteiger partial charge in [-0.1, -0.05) is 11.6 Å². The minimum atomic E-state index is -0.604. The molecule has 8 heteroatoms. The van der Waals surface area contributed by atoms with Crippen LogP contribution in [0.5, 0.6) is 5.75 Å². The number of halogens is 1. The summed E-state index contributed by atoms with van der Waals surface area (Å²) in [6, 6.07) is 9.68. The maximum Gasteiger partial charge on any atom is 0.338 e. The third kappa shape index (κ3) is 4.43. The molecule has 0 radical (unpaired) electrons. The van der Waals surface area contributed by atoms with Crippen molar-refractivity contribution >= 4 is 34.2 Å². The van der Waals surface area contributed by atoms with E-state index in [9.17, 15) is 14.9 Å². The highest BCUT2D eigenvalue weighted by atomic mass is 35.5. The normalized spacial score (nSPS) is 10.8. The van der Waals surface area contributed by atoms with Crippen LogP contribution < -0.4 is 4.74 Å². The summed E-state index contributed by atoms with van der Waals surface area (Å²) < 4.78 is 10.5. The van der Waals surface area contributed by atoms with Gasteiger partial charge in [-0.25, -0.2) is 4.79 Å². The summed E-state index contributed by atoms with van der Waals surface area (Å²) in [5, 5.41) is 12.9. The Hall–Kier alpha value is -3.06. The predicted octanol–water partition coefficient (Wildman–Crippen LogP) is 4.92. The largest absolute Gasteiger partial charge is 0.487 e. The Kier molecular flexibility index (Phi) is 6.16. The molecule has 0 aliphatic heterocycles. The van der Waals surface area contributed by atoms with Crippen LogP contribution in [0.4, 0.5) is 5.69 Å². The van der Waals surface area contributed by atoms with Gasteiger partial charge in [-0.3, -0.25) is 10.1 Å². The van der Waals surface area contributed by atoms with Crippen molar-refractivity contribution in [2.75, 3.05) is 13.2 Å². The second kappa shape index (κ2) is 8.75. The summed E-state index contributed by atoms with van der Waals surface area (Å²) in [4.78, 5) is 26.0. The first-order chi connectivity index (χ1) is 13.5. The monoisotopic (exact) mass is 402 g/mol. The Morgan fingerprint density at radius 2 is 2.07 bits per heavy atom. The summed E-state index contributed by atoms with van der Waals surface area (Å²) in [6.07, 6.45) is 3.24. The van der Waals surface area contributed by atoms with Crippen molar-refractivity contribution in [3.8, 4) is 5.75 Å². The number of fused-ring (bicyclic) bond motifs is 1. The topological polar surface area (TPSA) is 94.5 Å². The van der Waals surface area contributed by atoms with Gasteiger partial charge in [-0.05, 0) is 55.7 Å². The molecule has 1 aromatic heterocycles. The molecule has 28 heavy (non-hydrogen) atoms. The quantitative estimate of drug-likeness (QED) is 0.250. The Morgan fingerprint density at radius 3 is 2.82 bits per heavy atom. The van der Waals surface area contributed by atoms with Crippen molar-refractivity contribution in [3.05, 3.63) is 68.9 Å². The number of nitro groups is 1. The Bertz CT molecular complexity index is 1010. The predicted molar refractivity (Wildman–Crippen MR) is 106 cm³/mol. The molecule has 1 heterocycles. The summed E-state index contributed by atoms with van der Waals surface area (Å²) in [7, 11) is 0. The van der Waals surface area contributed by atoms with Gasteiger partial charge < -0.3 is 14.5 Å². The molecule has 146 valence electrons. The number of nitrogens with zero attached hydrogens (tertiary/aromatic N) is 1. The van der Waals surface area contributed by atoms with Crippen LogP contribution in [0.25, 0.3) is 10.9 Å². The highest BCUT2D eigenvalue weighted by Crippen LogP contribution is 2.28. The molecule has 3 rings (SSSR count). The minimum absolute atomic E-state index is 0.119. The third-order valence-corrected chi connectivity index (χ3v) is 4.48. The number of carbonyl (C=O) groups is 1. The van der Waals surface area contributed by atoms with Gasteiger partial charge >= 0.3 is 11.7 Å². The van der Waals surface area contributed by atoms with Gasteiger partial charge in [-0.15, -0.1) is 0 Å². The van der Waals surface area contributed by atoms with E-state index in [0.29, 0.717) is 24.5 Å². The fourth-order valence-corrected chi connectivity index (χ4v) is 3.10. The molecule has 0 fully saturated rings. The molecule has 0 atom stereocenters. The number of aromatic nitrogens is 1. The number of H-pyrrole nitrogens is 1. The maximum atomic E-state index is 12.2. The number of ether oxygens (including phenoxy) is 2. The fraction of sp³-hybridized carbons (Fsp3) is 0.250. The van der Waals surface area contributed by atoms with E-state index in [1.165, 1.54) is 18.2 Å². The van der Waals surface area contributed by atoms with Crippen LogP contribution in [0, 0.1) is 10.1 Å². The number of rotatable bonds is 8. The number of hydrogen-bond acceptors (Lipinski definition) is 5. The second-order valence-corrected chi connectivity index (χ2v) is 6.55. The molecular formula is C20H19ClN2O5. The Labute approximate surface area is 166 Å². The van der Waals surface area contributed by atoms with Crippen molar-refractivity contribution in [2.24, 2.45) is 0 Å². The van der Waals surface area contributed by atoms with Crippen molar-refractivity contribution in [1.82, 2.24) is 4.98 Å². The van der Waals surface area contributed by atoms with Crippen LogP contribution in [0.15, 0.2) is 42.6 Å². The molecule has 0 aliphatic rings. The lowest BCUT2D eigenvalue weighted by Crippen LogP contribution is -2.08. The molecule has 0 spiro atoms. The number of aromatic amines is 1. The highest BCUT2D eigenvalue weighted by molar-refractivity contribution is 6.31. The van der Waals surface area contributed by atoms with E-state index in [1.54, 1.807) is 6.92 Å². The van der Waals surface area contributed by atoms with Gasteiger partial charge in [0.1, 0.15) is 0 Å². The zero-order chi connectivity index (χ0) is 20.1. The van der Waals surface area contributed by atoms with Crippen LogP contribution in [0.3, 0.4) is 0 Å². The molecule has 0 unspecified atom stereocenters. The molecule has 0 bridgehead atoms. The van der Waals surface area contributed by atoms with E-state index < -0.39 is 10.9 Å². The average Bonchev–Trinajstić information content (AvgIpc) is 3.07. The number of hydrogen-bond donors (Lipinski definition) is 1. The standard InChI is InChI=1S/C20H19ClN2O5/c1-2-27-19-8-5-13(10-18(19)23(25)26)20(24)28-9-3-4-14-12-22-17-7-6-15(21)11-16(14)17/h5-8,10-12,22H,2-4,9H2,1H3. The first-order valence-corrected chi connectivity index (χ1v) is 9.21. The maximum absolute atomic E-state index is 12.2. The summed E-state index contributed by atoms with van der Waals surface area (Å²) >= 11 is 6.04. The van der Waals surface area contributed by atoms with E-state index in [4.69, 9.17) is 21.1 Å². The van der Waals surface area contributed by atoms with Gasteiger partial charge in [0, 0.05) is 28.2 Å². The van der Waals surface area contributed by atoms with E-state index in [2.05, 4.69) is 4.98 Å². The Morgan fingerprint density at radius 1 is 1.25 bits per heavy atom. The average molecular weight is 403 g/mol. The van der Waals surface area contributed by atoms with Crippen LogP contribution in [-0.2, 0) is 11.2 Å². The summed E-state index contributed by atoms with van der Waals surface area (Å²) in [5.41, 5.74) is 1.95. The van der Waals surface area contributed by atoms with Crippen LogP contribution in [0.1, 0.15) is 29.3 Å². The molecule has 0 saturated heterocycles. The number of nitro benzene ring substituents is 1. The fourth-order valence-electron chi connectivity index (χ4n) is 2.93. The smallest absolute Gasteiger partial charge is 0.338 e. The van der Waals surface area contributed by atoms with Gasteiger partial charge in [0.2, 0.25) is 0 Å². The first-order valence-electron chi connectivity index (χ1n) is 8.83. The van der Waals surface area contributed by atoms with E-state index in [0.717, 1.165) is 16.5 Å². The van der Waals surface area contributed by atoms with Crippen molar-refractivity contribution < 1.29 is 19.2 Å². The molecular weight excluding hydrogens is 384 g/mol. The lowest BCUT2D eigenvalue weighted by molar-refractivity contribution is -0.385. The molecule has 7 nitrogen and oxygen atoms in total. The van der Waals surface area contributed by atoms with E-state index in [1.807, 2.05) is 24.4 Å². The lowest BCUT2D eigenvalue weighted by atomic mass is 10.1. The van der Waals surface area contributed by atoms with Crippen LogP contribution >= 0.6 is 11.6 Å². The summed E-state index contributed by atoms with van der Waals surface area (Å²) in [6.45, 7) is 2.23. The van der Waals surface area contributed by atoms with Crippen molar-refractivity contribution in [3.63, 3.8) is 0 Å². The molecule has 1 N–H and O–H groups in total.